The first-order chi connectivity index (χ1) is 22.1. The molecule has 0 aliphatic carbocycles. The van der Waals surface area contributed by atoms with Crippen LogP contribution in [0.15, 0.2) is 45.6 Å². The number of Topliss-reactive ketones (excluding diaryl/α,β-unsaturated/α-hetero) is 1. The fraction of sp³-hybridized carbons (Fsp3) is 0.484. The molecule has 16 nitrogen and oxygen atoms in total. The van der Waals surface area contributed by atoms with Gasteiger partial charge in [-0.2, -0.15) is 0 Å². The fourth-order valence-corrected chi connectivity index (χ4v) is 4.92. The van der Waals surface area contributed by atoms with Crippen molar-refractivity contribution in [2.75, 3.05) is 13.7 Å². The summed E-state index contributed by atoms with van der Waals surface area (Å²) in [5.74, 6) is -0.439. The van der Waals surface area contributed by atoms with Crippen LogP contribution in [-0.2, 0) is 19.0 Å². The average molecular weight is 667 g/mol. The van der Waals surface area contributed by atoms with E-state index in [1.807, 2.05) is 0 Å². The van der Waals surface area contributed by atoms with Crippen LogP contribution in [0, 0.1) is 0 Å². The number of aliphatic hydroxyl groups excluding tert-OH is 6. The van der Waals surface area contributed by atoms with Crippen molar-refractivity contribution >= 4 is 16.8 Å². The molecular weight excluding hydrogens is 628 g/mol. The summed E-state index contributed by atoms with van der Waals surface area (Å²) >= 11 is 0. The van der Waals surface area contributed by atoms with Gasteiger partial charge in [0.2, 0.25) is 6.29 Å². The van der Waals surface area contributed by atoms with Crippen LogP contribution in [0.1, 0.15) is 20.8 Å². The first-order valence-corrected chi connectivity index (χ1v) is 14.5. The van der Waals surface area contributed by atoms with E-state index < -0.39 is 79.2 Å². The lowest BCUT2D eigenvalue weighted by Crippen LogP contribution is -2.61. The summed E-state index contributed by atoms with van der Waals surface area (Å²) in [4.78, 5) is 22.3. The number of ether oxygens (including phenoxy) is 5. The van der Waals surface area contributed by atoms with Crippen LogP contribution in [0.25, 0.3) is 22.3 Å². The molecule has 8 N–H and O–H groups in total. The Morgan fingerprint density at radius 1 is 0.809 bits per heavy atom. The third-order valence-electron chi connectivity index (χ3n) is 7.40. The molecule has 258 valence electrons. The maximum absolute atomic E-state index is 12.8. The van der Waals surface area contributed by atoms with E-state index in [1.165, 1.54) is 46.1 Å². The Morgan fingerprint density at radius 3 is 2.09 bits per heavy atom. The van der Waals surface area contributed by atoms with Gasteiger partial charge in [-0.15, -0.1) is 0 Å². The number of rotatable bonds is 7. The number of hydrogen-bond acceptors (Lipinski definition) is 16. The lowest BCUT2D eigenvalue weighted by molar-refractivity contribution is -0.318. The van der Waals surface area contributed by atoms with Gasteiger partial charge in [-0.3, -0.25) is 4.79 Å². The molecule has 0 amide bonds. The van der Waals surface area contributed by atoms with Crippen molar-refractivity contribution in [3.05, 3.63) is 46.6 Å². The monoisotopic (exact) mass is 666 g/mol. The van der Waals surface area contributed by atoms with Crippen LogP contribution in [0.4, 0.5) is 0 Å². The Kier molecular flexibility index (Phi) is 11.4. The number of phenols is 2. The summed E-state index contributed by atoms with van der Waals surface area (Å²) in [7, 11) is 1.38. The maximum Gasteiger partial charge on any atom is 0.229 e. The molecule has 2 aliphatic rings. The Labute approximate surface area is 267 Å². The third-order valence-corrected chi connectivity index (χ3v) is 7.40. The second-order valence-electron chi connectivity index (χ2n) is 11.2. The summed E-state index contributed by atoms with van der Waals surface area (Å²) < 4.78 is 32.9. The number of aliphatic hydroxyl groups is 6. The number of benzene rings is 2. The molecule has 2 saturated heterocycles. The minimum Gasteiger partial charge on any atom is -0.507 e. The normalized spacial score (nSPS) is 30.7. The standard InChI is InChI=1S/C28H32O15.C3H6O/c1-10-21(32)23(34)25(36)27(40-10)39-9-19-22(33)24(35)26(37)28(43-19)41-12-6-14(30)20-15(31)8-17(42-18(20)7-12)11-3-4-16(38-2)13(29)5-11;1-3(2)4/h3-8,10,19,21-30,32-37H,9H2,1-2H3;1-2H3/t10-,19+,21-,22+,23+,24-,25+,26+,27+,28+;/m0./s1. The second-order valence-corrected chi connectivity index (χ2v) is 11.2. The first kappa shape index (κ1) is 36.0. The van der Waals surface area contributed by atoms with Gasteiger partial charge >= 0.3 is 0 Å². The quantitative estimate of drug-likeness (QED) is 0.158. The van der Waals surface area contributed by atoms with Crippen LogP contribution < -0.4 is 14.9 Å². The lowest BCUT2D eigenvalue weighted by Gasteiger charge is -2.42. The minimum absolute atomic E-state index is 0.0517. The van der Waals surface area contributed by atoms with E-state index in [0.29, 0.717) is 5.56 Å². The van der Waals surface area contributed by atoms with Crippen LogP contribution in [0.2, 0.25) is 0 Å². The summed E-state index contributed by atoms with van der Waals surface area (Å²) in [6.45, 7) is 4.01. The van der Waals surface area contributed by atoms with E-state index in [2.05, 4.69) is 0 Å². The van der Waals surface area contributed by atoms with Gasteiger partial charge in [0.05, 0.1) is 19.8 Å². The lowest BCUT2D eigenvalue weighted by atomic mass is 9.98. The number of fused-ring (bicyclic) bond motifs is 1. The van der Waals surface area contributed by atoms with Crippen molar-refractivity contribution in [3.8, 4) is 34.3 Å². The molecule has 2 aliphatic heterocycles. The smallest absolute Gasteiger partial charge is 0.229 e. The molecule has 0 bridgehead atoms. The van der Waals surface area contributed by atoms with Crippen molar-refractivity contribution in [2.45, 2.75) is 82.2 Å². The molecule has 0 spiro atoms. The third kappa shape index (κ3) is 8.01. The SMILES string of the molecule is CC(C)=O.COc1ccc(-c2cc(=O)c3c(O)cc(O[C@@H]4O[C@H](CO[C@@H]5O[C@@H](C)[C@H](O)[C@@H](O)[C@H]5O)[C@@H](O)[C@H](O)[C@H]4O)cc3o2)cc1O. The van der Waals surface area contributed by atoms with Crippen molar-refractivity contribution in [2.24, 2.45) is 0 Å². The molecule has 0 unspecified atom stereocenters. The molecule has 47 heavy (non-hydrogen) atoms. The molecule has 3 aromatic rings. The van der Waals surface area contributed by atoms with Crippen LogP contribution in [-0.4, -0.2) is 122 Å². The highest BCUT2D eigenvalue weighted by Crippen LogP contribution is 2.35. The largest absolute Gasteiger partial charge is 0.507 e. The Bertz CT molecular complexity index is 1600. The van der Waals surface area contributed by atoms with Gasteiger partial charge in [-0.1, -0.05) is 0 Å². The predicted molar refractivity (Wildman–Crippen MR) is 160 cm³/mol. The number of ketones is 1. The number of methoxy groups -OCH3 is 1. The number of carbonyl (C=O) groups is 1. The van der Waals surface area contributed by atoms with Crippen LogP contribution >= 0.6 is 0 Å². The van der Waals surface area contributed by atoms with Gasteiger partial charge in [0.15, 0.2) is 23.2 Å². The van der Waals surface area contributed by atoms with Crippen molar-refractivity contribution in [1.29, 1.82) is 0 Å². The zero-order valence-electron chi connectivity index (χ0n) is 25.8. The van der Waals surface area contributed by atoms with Crippen molar-refractivity contribution in [3.63, 3.8) is 0 Å². The summed E-state index contributed by atoms with van der Waals surface area (Å²) in [5, 5.41) is 82.0. The zero-order chi connectivity index (χ0) is 34.7. The number of carbonyl (C=O) groups excluding carboxylic acids is 1. The number of phenolic OH excluding ortho intramolecular Hbond substituents is 2. The van der Waals surface area contributed by atoms with Gasteiger partial charge < -0.3 is 73.7 Å². The van der Waals surface area contributed by atoms with Crippen LogP contribution in [0.5, 0.6) is 23.0 Å². The molecule has 2 aromatic carbocycles. The Hall–Kier alpha value is -3.84. The fourth-order valence-electron chi connectivity index (χ4n) is 4.92. The van der Waals surface area contributed by atoms with Crippen molar-refractivity contribution in [1.82, 2.24) is 0 Å². The van der Waals surface area contributed by atoms with Gasteiger partial charge in [-0.05, 0) is 39.0 Å². The van der Waals surface area contributed by atoms with Crippen molar-refractivity contribution < 1.29 is 73.7 Å². The van der Waals surface area contributed by atoms with Gasteiger partial charge in [0.25, 0.3) is 0 Å². The van der Waals surface area contributed by atoms with E-state index in [0.717, 1.165) is 12.1 Å². The average Bonchev–Trinajstić information content (AvgIpc) is 3.01. The first-order valence-electron chi connectivity index (χ1n) is 14.5. The Morgan fingerprint density at radius 2 is 1.45 bits per heavy atom. The predicted octanol–water partition coefficient (Wildman–Crippen LogP) is -0.494. The number of aromatic hydroxyl groups is 2. The van der Waals surface area contributed by atoms with E-state index in [4.69, 9.17) is 28.1 Å². The number of hydrogen-bond donors (Lipinski definition) is 8. The highest BCUT2D eigenvalue weighted by Gasteiger charge is 2.47. The van der Waals surface area contributed by atoms with E-state index in [1.54, 1.807) is 6.07 Å². The van der Waals surface area contributed by atoms with Gasteiger partial charge in [-0.25, -0.2) is 0 Å². The molecule has 16 heteroatoms. The van der Waals surface area contributed by atoms with Crippen LogP contribution in [0.3, 0.4) is 0 Å². The topological polar surface area (TPSA) is 255 Å². The molecular formula is C31H38O16. The van der Waals surface area contributed by atoms with Gasteiger partial charge in [0.1, 0.15) is 76.7 Å². The Balaban J connectivity index is 0.00000118. The minimum atomic E-state index is -1.78. The molecule has 1 aromatic heterocycles. The molecule has 2 fully saturated rings. The second kappa shape index (κ2) is 14.9. The summed E-state index contributed by atoms with van der Waals surface area (Å²) in [5.41, 5.74) is -0.381. The highest BCUT2D eigenvalue weighted by atomic mass is 16.7. The molecule has 0 saturated carbocycles. The van der Waals surface area contributed by atoms with Gasteiger partial charge in [0, 0.05) is 23.8 Å². The van der Waals surface area contributed by atoms with E-state index in [9.17, 15) is 50.4 Å². The maximum atomic E-state index is 12.8. The summed E-state index contributed by atoms with van der Waals surface area (Å²) in [6.07, 6.45) is -15.0. The van der Waals surface area contributed by atoms with E-state index in [-0.39, 0.29) is 39.8 Å². The van der Waals surface area contributed by atoms with E-state index >= 15 is 0 Å². The molecule has 5 rings (SSSR count). The highest BCUT2D eigenvalue weighted by molar-refractivity contribution is 5.86. The zero-order valence-corrected chi connectivity index (χ0v) is 25.8. The molecule has 3 heterocycles. The molecule has 10 atom stereocenters. The molecule has 0 radical (unpaired) electrons. The summed E-state index contributed by atoms with van der Waals surface area (Å²) in [6, 6.07) is 7.78.